The zero-order chi connectivity index (χ0) is 15.0. The van der Waals surface area contributed by atoms with Crippen LogP contribution in [0.2, 0.25) is 0 Å². The van der Waals surface area contributed by atoms with Gasteiger partial charge in [-0.1, -0.05) is 58.8 Å². The van der Waals surface area contributed by atoms with Crippen molar-refractivity contribution in [1.82, 2.24) is 0 Å². The van der Waals surface area contributed by atoms with Crippen molar-refractivity contribution in [1.29, 1.82) is 0 Å². The topological polar surface area (TPSA) is 0 Å². The molecule has 5 aliphatic carbocycles. The van der Waals surface area contributed by atoms with Crippen molar-refractivity contribution in [3.8, 4) is 0 Å². The molecule has 0 aromatic rings. The van der Waals surface area contributed by atoms with Gasteiger partial charge in [-0.05, 0) is 64.8 Å². The molecule has 3 fully saturated rings. The zero-order valence-corrected chi connectivity index (χ0v) is 14.6. The first-order chi connectivity index (χ1) is 9.66. The van der Waals surface area contributed by atoms with E-state index in [0.717, 1.165) is 17.8 Å². The van der Waals surface area contributed by atoms with Crippen molar-refractivity contribution in [2.24, 2.45) is 39.4 Å². The first-order valence-corrected chi connectivity index (χ1v) is 9.13. The van der Waals surface area contributed by atoms with Crippen molar-refractivity contribution in [3.63, 3.8) is 0 Å². The summed E-state index contributed by atoms with van der Waals surface area (Å²) in [5.74, 6) is 2.62. The average Bonchev–Trinajstić information content (AvgIpc) is 3.03. The van der Waals surface area contributed by atoms with E-state index in [1.165, 1.54) is 25.7 Å². The normalized spacial score (nSPS) is 54.2. The summed E-state index contributed by atoms with van der Waals surface area (Å²) in [6.07, 6.45) is 8.49. The van der Waals surface area contributed by atoms with Crippen molar-refractivity contribution >= 4 is 0 Å². The van der Waals surface area contributed by atoms with E-state index in [1.54, 1.807) is 5.57 Å². The van der Waals surface area contributed by atoms with E-state index in [-0.39, 0.29) is 0 Å². The van der Waals surface area contributed by atoms with Gasteiger partial charge in [0.15, 0.2) is 0 Å². The van der Waals surface area contributed by atoms with Gasteiger partial charge in [-0.3, -0.25) is 0 Å². The van der Waals surface area contributed by atoms with Crippen LogP contribution in [0.1, 0.15) is 67.2 Å². The highest BCUT2D eigenvalue weighted by atomic mass is 14.7. The molecule has 0 aromatic heterocycles. The molecule has 0 saturated heterocycles. The van der Waals surface area contributed by atoms with Gasteiger partial charge in [0.2, 0.25) is 0 Å². The van der Waals surface area contributed by atoms with Gasteiger partial charge in [0.05, 0.1) is 0 Å². The van der Waals surface area contributed by atoms with Gasteiger partial charge in [0.25, 0.3) is 0 Å². The van der Waals surface area contributed by atoms with Crippen LogP contribution in [0.5, 0.6) is 0 Å². The molecule has 5 aliphatic rings. The standard InChI is InChI=1S/C21H30/c1-18(2)12-7-9-20(18,5)14-11-15-17(16(12)14)13-8-10-21(15,6)19(13,3)4/h11-13,16H,7-10H2,1-6H3/t12-,13+,16+,20-,21-/m1/s1. The molecule has 4 bridgehead atoms. The third kappa shape index (κ3) is 0.991. The molecule has 0 aromatic carbocycles. The van der Waals surface area contributed by atoms with Gasteiger partial charge in [-0.25, -0.2) is 0 Å². The summed E-state index contributed by atoms with van der Waals surface area (Å²) in [6, 6.07) is 0. The highest BCUT2D eigenvalue weighted by Gasteiger charge is 2.70. The van der Waals surface area contributed by atoms with E-state index in [4.69, 9.17) is 0 Å². The molecular formula is C21H30. The van der Waals surface area contributed by atoms with Gasteiger partial charge in [0, 0.05) is 5.92 Å². The Hall–Kier alpha value is -0.520. The largest absolute Gasteiger partial charge is 0.0588 e. The fourth-order valence-electron chi connectivity index (χ4n) is 7.64. The summed E-state index contributed by atoms with van der Waals surface area (Å²) in [5.41, 5.74) is 7.52. The Labute approximate surface area is 130 Å². The maximum Gasteiger partial charge on any atom is 0.00586 e. The van der Waals surface area contributed by atoms with Crippen LogP contribution in [-0.2, 0) is 0 Å². The second kappa shape index (κ2) is 3.08. The van der Waals surface area contributed by atoms with E-state index in [2.05, 4.69) is 47.6 Å². The van der Waals surface area contributed by atoms with E-state index in [9.17, 15) is 0 Å². The summed E-state index contributed by atoms with van der Waals surface area (Å²) >= 11 is 0. The van der Waals surface area contributed by atoms with Crippen LogP contribution in [0, 0.1) is 39.4 Å². The third-order valence-electron chi connectivity index (χ3n) is 9.82. The first kappa shape index (κ1) is 13.0. The molecule has 0 amide bonds. The van der Waals surface area contributed by atoms with Crippen molar-refractivity contribution in [3.05, 3.63) is 22.8 Å². The number of fused-ring (bicyclic) bond motifs is 10. The summed E-state index contributed by atoms with van der Waals surface area (Å²) in [5, 5.41) is 0. The Bertz CT molecular complexity index is 628. The minimum absolute atomic E-state index is 0.463. The van der Waals surface area contributed by atoms with Crippen LogP contribution in [0.3, 0.4) is 0 Å². The van der Waals surface area contributed by atoms with Gasteiger partial charge in [0.1, 0.15) is 0 Å². The van der Waals surface area contributed by atoms with Crippen LogP contribution >= 0.6 is 0 Å². The Kier molecular flexibility index (Phi) is 1.90. The van der Waals surface area contributed by atoms with E-state index >= 15 is 0 Å². The molecule has 114 valence electrons. The van der Waals surface area contributed by atoms with Gasteiger partial charge >= 0.3 is 0 Å². The quantitative estimate of drug-likeness (QED) is 0.530. The average molecular weight is 282 g/mol. The Morgan fingerprint density at radius 3 is 2.24 bits per heavy atom. The smallest absolute Gasteiger partial charge is 0.00586 e. The number of allylic oxidation sites excluding steroid dienone is 4. The Balaban J connectivity index is 1.72. The molecule has 0 radical (unpaired) electrons. The van der Waals surface area contributed by atoms with Crippen molar-refractivity contribution in [2.45, 2.75) is 67.2 Å². The van der Waals surface area contributed by atoms with Crippen LogP contribution in [-0.4, -0.2) is 0 Å². The highest BCUT2D eigenvalue weighted by Crippen LogP contribution is 2.80. The molecule has 0 nitrogen and oxygen atoms in total. The predicted octanol–water partition coefficient (Wildman–Crippen LogP) is 5.75. The molecule has 0 N–H and O–H groups in total. The van der Waals surface area contributed by atoms with Crippen LogP contribution < -0.4 is 0 Å². The fourth-order valence-corrected chi connectivity index (χ4v) is 7.64. The van der Waals surface area contributed by atoms with Crippen LogP contribution in [0.15, 0.2) is 22.8 Å². The Morgan fingerprint density at radius 2 is 1.52 bits per heavy atom. The van der Waals surface area contributed by atoms with Crippen molar-refractivity contribution in [2.75, 3.05) is 0 Å². The summed E-state index contributed by atoms with van der Waals surface area (Å²) in [7, 11) is 0. The SMILES string of the molecule is CC1(C)[C@@H]2CC[C@]1(C)C1=CC3=C([C@H]12)[C@@H]1CC[C@@]3(C)C1(C)C. The van der Waals surface area contributed by atoms with Gasteiger partial charge in [-0.2, -0.15) is 0 Å². The van der Waals surface area contributed by atoms with Gasteiger partial charge in [-0.15, -0.1) is 0 Å². The molecular weight excluding hydrogens is 252 g/mol. The molecule has 0 heteroatoms. The van der Waals surface area contributed by atoms with Crippen LogP contribution in [0.4, 0.5) is 0 Å². The first-order valence-electron chi connectivity index (χ1n) is 9.13. The summed E-state index contributed by atoms with van der Waals surface area (Å²) in [6.45, 7) is 15.4. The van der Waals surface area contributed by atoms with E-state index < -0.39 is 0 Å². The lowest BCUT2D eigenvalue weighted by Crippen LogP contribution is -2.31. The molecule has 5 rings (SSSR count). The number of hydrogen-bond donors (Lipinski definition) is 0. The molecule has 0 unspecified atom stereocenters. The van der Waals surface area contributed by atoms with Crippen LogP contribution in [0.25, 0.3) is 0 Å². The van der Waals surface area contributed by atoms with Gasteiger partial charge < -0.3 is 0 Å². The maximum absolute atomic E-state index is 2.72. The number of rotatable bonds is 0. The lowest BCUT2D eigenvalue weighted by molar-refractivity contribution is 0.164. The van der Waals surface area contributed by atoms with E-state index in [1.807, 2.05) is 11.1 Å². The second-order valence-electron chi connectivity index (χ2n) is 10.3. The molecule has 21 heavy (non-hydrogen) atoms. The summed E-state index contributed by atoms with van der Waals surface area (Å²) in [4.78, 5) is 0. The summed E-state index contributed by atoms with van der Waals surface area (Å²) < 4.78 is 0. The molecule has 3 saturated carbocycles. The maximum atomic E-state index is 2.72. The predicted molar refractivity (Wildman–Crippen MR) is 87.8 cm³/mol. The molecule has 5 atom stereocenters. The number of hydrogen-bond acceptors (Lipinski definition) is 0. The van der Waals surface area contributed by atoms with E-state index in [0.29, 0.717) is 21.7 Å². The minimum atomic E-state index is 0.463. The van der Waals surface area contributed by atoms with Crippen molar-refractivity contribution < 1.29 is 0 Å². The fraction of sp³-hybridized carbons (Fsp3) is 0.810. The minimum Gasteiger partial charge on any atom is -0.0588 e. The monoisotopic (exact) mass is 282 g/mol. The molecule has 0 heterocycles. The molecule has 0 aliphatic heterocycles. The third-order valence-corrected chi connectivity index (χ3v) is 9.82. The zero-order valence-electron chi connectivity index (χ0n) is 14.6. The molecule has 0 spiro atoms. The second-order valence-corrected chi connectivity index (χ2v) is 10.3. The highest BCUT2D eigenvalue weighted by molar-refractivity contribution is 5.59. The lowest BCUT2D eigenvalue weighted by atomic mass is 9.65. The Morgan fingerprint density at radius 1 is 0.857 bits per heavy atom. The lowest BCUT2D eigenvalue weighted by Gasteiger charge is -2.39.